The summed E-state index contributed by atoms with van der Waals surface area (Å²) in [4.78, 5) is 25.5. The van der Waals surface area contributed by atoms with Gasteiger partial charge in [-0.15, -0.1) is 0 Å². The summed E-state index contributed by atoms with van der Waals surface area (Å²) in [7, 11) is 0. The first-order chi connectivity index (χ1) is 18.1. The molecule has 1 aliphatic rings. The molecule has 2 aromatic heterocycles. The Hall–Kier alpha value is -4.10. The van der Waals surface area contributed by atoms with Gasteiger partial charge in [-0.2, -0.15) is 0 Å². The van der Waals surface area contributed by atoms with Gasteiger partial charge in [0.25, 0.3) is 5.91 Å². The molecular weight excluding hydrogens is 486 g/mol. The van der Waals surface area contributed by atoms with E-state index in [-0.39, 0.29) is 11.7 Å². The SMILES string of the molecule is O=C(NCCNc1c2c(nc3cc(Cl)ccc13)CCCC2)c1ccc2nc(-c3ccccc3O)[nH]c2c1. The molecule has 4 N–H and O–H groups in total. The van der Waals surface area contributed by atoms with E-state index in [1.165, 1.54) is 5.56 Å². The maximum atomic E-state index is 12.9. The number of anilines is 1. The molecule has 0 spiro atoms. The maximum Gasteiger partial charge on any atom is 0.251 e. The first-order valence-corrected chi connectivity index (χ1v) is 12.9. The number of fused-ring (bicyclic) bond motifs is 3. The third-order valence-electron chi connectivity index (χ3n) is 6.84. The number of nitrogens with one attached hydrogen (secondary N) is 3. The summed E-state index contributed by atoms with van der Waals surface area (Å²) < 4.78 is 0. The average molecular weight is 512 g/mol. The number of nitrogens with zero attached hydrogens (tertiary/aromatic N) is 2. The van der Waals surface area contributed by atoms with Crippen LogP contribution in [-0.2, 0) is 12.8 Å². The molecule has 0 bridgehead atoms. The first kappa shape index (κ1) is 23.3. The van der Waals surface area contributed by atoms with Crippen molar-refractivity contribution in [2.24, 2.45) is 0 Å². The van der Waals surface area contributed by atoms with Gasteiger partial charge in [0.05, 0.1) is 22.1 Å². The largest absolute Gasteiger partial charge is 0.507 e. The number of pyridine rings is 1. The topological polar surface area (TPSA) is 103 Å². The van der Waals surface area contributed by atoms with Crippen LogP contribution in [0.3, 0.4) is 0 Å². The fourth-order valence-electron chi connectivity index (χ4n) is 5.02. The standard InChI is InChI=1S/C29H26ClN5O2/c30-18-10-11-20-24(16-18)33-22-7-3-1-5-19(22)27(20)31-13-14-32-29(37)17-9-12-23-25(15-17)35-28(34-23)21-6-2-4-8-26(21)36/h2,4,6,8-12,15-16,36H,1,3,5,7,13-14H2,(H,31,33)(H,32,37)(H,34,35). The molecule has 2 heterocycles. The van der Waals surface area contributed by atoms with Crippen molar-refractivity contribution in [3.05, 3.63) is 82.5 Å². The number of hydrogen-bond donors (Lipinski definition) is 4. The molecule has 5 aromatic rings. The summed E-state index contributed by atoms with van der Waals surface area (Å²) in [5.74, 6) is 0.554. The van der Waals surface area contributed by atoms with Gasteiger partial charge in [0.2, 0.25) is 0 Å². The number of amides is 1. The molecule has 1 aliphatic carbocycles. The normalized spacial score (nSPS) is 13.0. The summed E-state index contributed by atoms with van der Waals surface area (Å²) in [6, 6.07) is 18.2. The molecule has 3 aromatic carbocycles. The van der Waals surface area contributed by atoms with Crippen molar-refractivity contribution >= 4 is 45.1 Å². The second-order valence-electron chi connectivity index (χ2n) is 9.30. The van der Waals surface area contributed by atoms with Crippen molar-refractivity contribution in [2.45, 2.75) is 25.7 Å². The summed E-state index contributed by atoms with van der Waals surface area (Å²) in [5, 5.41) is 18.4. The number of aromatic hydroxyl groups is 1. The molecule has 0 atom stereocenters. The van der Waals surface area contributed by atoms with E-state index in [0.29, 0.717) is 35.1 Å². The van der Waals surface area contributed by atoms with Crippen LogP contribution in [0.1, 0.15) is 34.5 Å². The number of carbonyl (C=O) groups is 1. The number of aromatic nitrogens is 3. The molecular formula is C29H26ClN5O2. The second-order valence-corrected chi connectivity index (χ2v) is 9.73. The van der Waals surface area contributed by atoms with Crippen LogP contribution in [0, 0.1) is 0 Å². The first-order valence-electron chi connectivity index (χ1n) is 12.5. The quantitative estimate of drug-likeness (QED) is 0.214. The van der Waals surface area contributed by atoms with Gasteiger partial charge < -0.3 is 20.7 Å². The highest BCUT2D eigenvalue weighted by Crippen LogP contribution is 2.34. The van der Waals surface area contributed by atoms with Gasteiger partial charge in [-0.05, 0) is 79.8 Å². The molecule has 0 aliphatic heterocycles. The lowest BCUT2D eigenvalue weighted by molar-refractivity contribution is 0.0955. The molecule has 0 saturated heterocycles. The molecule has 0 saturated carbocycles. The number of halogens is 1. The Morgan fingerprint density at radius 1 is 0.973 bits per heavy atom. The van der Waals surface area contributed by atoms with Crippen molar-refractivity contribution < 1.29 is 9.90 Å². The Kier molecular flexibility index (Phi) is 6.14. The number of phenols is 1. The lowest BCUT2D eigenvalue weighted by Crippen LogP contribution is -2.29. The highest BCUT2D eigenvalue weighted by atomic mass is 35.5. The number of aromatic amines is 1. The number of para-hydroxylation sites is 1. The number of rotatable bonds is 6. The van der Waals surface area contributed by atoms with Crippen LogP contribution in [-0.4, -0.2) is 39.1 Å². The van der Waals surface area contributed by atoms with Gasteiger partial charge in [-0.3, -0.25) is 9.78 Å². The molecule has 186 valence electrons. The Bertz CT molecular complexity index is 1650. The summed E-state index contributed by atoms with van der Waals surface area (Å²) >= 11 is 6.22. The number of aryl methyl sites for hydroxylation is 1. The lowest BCUT2D eigenvalue weighted by Gasteiger charge is -2.22. The molecule has 0 radical (unpaired) electrons. The number of phenolic OH excluding ortho intramolecular Hbond substituents is 1. The van der Waals surface area contributed by atoms with Crippen LogP contribution in [0.2, 0.25) is 5.02 Å². The van der Waals surface area contributed by atoms with Gasteiger partial charge in [-0.1, -0.05) is 23.7 Å². The van der Waals surface area contributed by atoms with E-state index in [9.17, 15) is 9.90 Å². The van der Waals surface area contributed by atoms with Gasteiger partial charge in [0, 0.05) is 40.4 Å². The maximum absolute atomic E-state index is 12.9. The van der Waals surface area contributed by atoms with Gasteiger partial charge in [-0.25, -0.2) is 4.98 Å². The van der Waals surface area contributed by atoms with E-state index >= 15 is 0 Å². The number of benzene rings is 3. The summed E-state index contributed by atoms with van der Waals surface area (Å²) in [5.41, 5.74) is 7.03. The van der Waals surface area contributed by atoms with Crippen molar-refractivity contribution in [3.8, 4) is 17.1 Å². The van der Waals surface area contributed by atoms with Crippen molar-refractivity contribution in [3.63, 3.8) is 0 Å². The lowest BCUT2D eigenvalue weighted by atomic mass is 9.92. The molecule has 7 nitrogen and oxygen atoms in total. The van der Waals surface area contributed by atoms with Gasteiger partial charge in [0.1, 0.15) is 11.6 Å². The summed E-state index contributed by atoms with van der Waals surface area (Å²) in [6.07, 6.45) is 4.28. The third-order valence-corrected chi connectivity index (χ3v) is 7.08. The van der Waals surface area contributed by atoms with E-state index in [1.54, 1.807) is 30.3 Å². The van der Waals surface area contributed by atoms with Crippen LogP contribution in [0.5, 0.6) is 5.75 Å². The van der Waals surface area contributed by atoms with Crippen LogP contribution < -0.4 is 10.6 Å². The van der Waals surface area contributed by atoms with Gasteiger partial charge >= 0.3 is 0 Å². The second kappa shape index (κ2) is 9.75. The zero-order chi connectivity index (χ0) is 25.4. The Balaban J connectivity index is 1.15. The smallest absolute Gasteiger partial charge is 0.251 e. The number of H-pyrrole nitrogens is 1. The van der Waals surface area contributed by atoms with E-state index in [1.807, 2.05) is 30.3 Å². The number of hydrogen-bond acceptors (Lipinski definition) is 5. The van der Waals surface area contributed by atoms with Crippen LogP contribution in [0.25, 0.3) is 33.3 Å². The minimum absolute atomic E-state index is 0.151. The molecule has 8 heteroatoms. The zero-order valence-electron chi connectivity index (χ0n) is 20.1. The number of imidazole rings is 1. The van der Waals surface area contributed by atoms with Crippen LogP contribution in [0.4, 0.5) is 5.69 Å². The highest BCUT2D eigenvalue weighted by Gasteiger charge is 2.18. The Labute approximate surface area is 218 Å². The molecule has 6 rings (SSSR count). The van der Waals surface area contributed by atoms with Crippen molar-refractivity contribution in [1.82, 2.24) is 20.3 Å². The van der Waals surface area contributed by atoms with Crippen molar-refractivity contribution in [2.75, 3.05) is 18.4 Å². The van der Waals surface area contributed by atoms with Crippen LogP contribution >= 0.6 is 11.6 Å². The fourth-order valence-corrected chi connectivity index (χ4v) is 5.18. The number of carbonyl (C=O) groups excluding carboxylic acids is 1. The third kappa shape index (κ3) is 4.58. The van der Waals surface area contributed by atoms with E-state index in [2.05, 4.69) is 20.6 Å². The minimum atomic E-state index is -0.157. The van der Waals surface area contributed by atoms with E-state index in [4.69, 9.17) is 16.6 Å². The van der Waals surface area contributed by atoms with Crippen molar-refractivity contribution in [1.29, 1.82) is 0 Å². The predicted octanol–water partition coefficient (Wildman–Crippen LogP) is 5.86. The average Bonchev–Trinajstić information content (AvgIpc) is 3.33. The fraction of sp³-hybridized carbons (Fsp3) is 0.207. The predicted molar refractivity (Wildman–Crippen MR) is 147 cm³/mol. The monoisotopic (exact) mass is 511 g/mol. The van der Waals surface area contributed by atoms with Gasteiger partial charge in [0.15, 0.2) is 0 Å². The molecule has 1 amide bonds. The Morgan fingerprint density at radius 2 is 1.84 bits per heavy atom. The summed E-state index contributed by atoms with van der Waals surface area (Å²) in [6.45, 7) is 1.05. The minimum Gasteiger partial charge on any atom is -0.507 e. The zero-order valence-corrected chi connectivity index (χ0v) is 20.9. The van der Waals surface area contributed by atoms with E-state index < -0.39 is 0 Å². The van der Waals surface area contributed by atoms with Crippen LogP contribution in [0.15, 0.2) is 60.7 Å². The molecule has 0 unspecified atom stereocenters. The highest BCUT2D eigenvalue weighted by molar-refractivity contribution is 6.31. The Morgan fingerprint density at radius 3 is 2.73 bits per heavy atom. The molecule has 0 fully saturated rings. The molecule has 37 heavy (non-hydrogen) atoms. The van der Waals surface area contributed by atoms with E-state index in [0.717, 1.165) is 59.0 Å².